The van der Waals surface area contributed by atoms with Crippen LogP contribution in [-0.2, 0) is 0 Å². The molecule has 7 heteroatoms. The highest BCUT2D eigenvalue weighted by Gasteiger charge is 2.55. The summed E-state index contributed by atoms with van der Waals surface area (Å²) in [6, 6.07) is 0.976. The minimum Gasteiger partial charge on any atom is -0.390 e. The fourth-order valence-corrected chi connectivity index (χ4v) is 7.32. The van der Waals surface area contributed by atoms with Crippen molar-refractivity contribution in [2.75, 3.05) is 18.0 Å². The number of amides is 1. The summed E-state index contributed by atoms with van der Waals surface area (Å²) in [5.41, 5.74) is 1.12. The Labute approximate surface area is 184 Å². The molecule has 5 saturated carbocycles. The molecule has 1 aliphatic heterocycles. The Balaban J connectivity index is 1.22. The lowest BCUT2D eigenvalue weighted by Gasteiger charge is -2.58. The van der Waals surface area contributed by atoms with E-state index in [4.69, 9.17) is 4.98 Å². The van der Waals surface area contributed by atoms with Crippen LogP contribution in [-0.4, -0.2) is 57.8 Å². The van der Waals surface area contributed by atoms with Crippen LogP contribution < -0.4 is 15.5 Å². The van der Waals surface area contributed by atoms with Crippen molar-refractivity contribution >= 4 is 11.9 Å². The minimum absolute atomic E-state index is 0.0139. The molecule has 168 valence electrons. The number of hydrogen-bond acceptors (Lipinski definition) is 6. The van der Waals surface area contributed by atoms with Gasteiger partial charge in [0.25, 0.3) is 5.91 Å². The van der Waals surface area contributed by atoms with Crippen LogP contribution in [0, 0.1) is 17.8 Å². The van der Waals surface area contributed by atoms with Crippen molar-refractivity contribution in [1.82, 2.24) is 20.6 Å². The van der Waals surface area contributed by atoms with Gasteiger partial charge < -0.3 is 20.6 Å². The van der Waals surface area contributed by atoms with Crippen LogP contribution in [0.1, 0.15) is 80.8 Å². The average molecular weight is 426 g/mol. The van der Waals surface area contributed by atoms with Gasteiger partial charge in [-0.2, -0.15) is 0 Å². The van der Waals surface area contributed by atoms with Crippen molar-refractivity contribution in [3.8, 4) is 0 Å². The third kappa shape index (κ3) is 3.63. The van der Waals surface area contributed by atoms with E-state index in [9.17, 15) is 9.90 Å². The molecule has 0 spiro atoms. The Kier molecular flexibility index (Phi) is 4.59. The molecule has 7 rings (SSSR count). The summed E-state index contributed by atoms with van der Waals surface area (Å²) < 4.78 is 0. The summed E-state index contributed by atoms with van der Waals surface area (Å²) in [6.45, 7) is 6.15. The first-order chi connectivity index (χ1) is 14.9. The van der Waals surface area contributed by atoms with E-state index in [-0.39, 0.29) is 11.9 Å². The molecule has 1 amide bonds. The molecular weight excluding hydrogens is 390 g/mol. The van der Waals surface area contributed by atoms with Gasteiger partial charge in [-0.05, 0) is 76.5 Å². The molecular formula is C24H35N5O2. The van der Waals surface area contributed by atoms with Gasteiger partial charge in [-0.3, -0.25) is 4.79 Å². The maximum Gasteiger partial charge on any atom is 0.254 e. The summed E-state index contributed by atoms with van der Waals surface area (Å²) in [5, 5.41) is 17.8. The van der Waals surface area contributed by atoms with Gasteiger partial charge in [-0.15, -0.1) is 0 Å². The molecule has 6 fully saturated rings. The lowest BCUT2D eigenvalue weighted by molar-refractivity contribution is -0.136. The fraction of sp³-hybridized carbons (Fsp3) is 0.792. The molecule has 2 heterocycles. The Morgan fingerprint density at radius 1 is 1.16 bits per heavy atom. The predicted molar refractivity (Wildman–Crippen MR) is 118 cm³/mol. The Morgan fingerprint density at radius 3 is 2.45 bits per heavy atom. The smallest absolute Gasteiger partial charge is 0.254 e. The number of anilines is 1. The second-order valence-corrected chi connectivity index (χ2v) is 11.3. The zero-order valence-corrected chi connectivity index (χ0v) is 18.7. The lowest BCUT2D eigenvalue weighted by Crippen LogP contribution is -2.61. The number of aliphatic hydroxyl groups is 1. The van der Waals surface area contributed by atoms with E-state index < -0.39 is 5.60 Å². The number of piperazine rings is 1. The van der Waals surface area contributed by atoms with E-state index in [2.05, 4.69) is 34.4 Å². The van der Waals surface area contributed by atoms with E-state index in [0.717, 1.165) is 69.7 Å². The molecule has 5 aliphatic carbocycles. The molecule has 4 bridgehead atoms. The number of hydrogen-bond donors (Lipinski definition) is 3. The SMILES string of the molecule is CC1CN(c2ncc(C(=O)NC3C4CC5CC3CC(O)(C5)C4)c(C3CC3)n2)CC(C)N1. The van der Waals surface area contributed by atoms with Gasteiger partial charge in [0.2, 0.25) is 5.95 Å². The van der Waals surface area contributed by atoms with Crippen LogP contribution in [0.5, 0.6) is 0 Å². The van der Waals surface area contributed by atoms with Crippen LogP contribution in [0.25, 0.3) is 0 Å². The highest BCUT2D eigenvalue weighted by Crippen LogP contribution is 2.55. The van der Waals surface area contributed by atoms with E-state index in [0.29, 0.717) is 41.3 Å². The fourth-order valence-electron chi connectivity index (χ4n) is 7.32. The standard InChI is InChI=1S/C24H35N5O2/c1-13-11-29(12-14(2)26-13)23-25-10-19(21(28-23)16-3-4-16)22(30)27-20-17-5-15-6-18(20)9-24(31,7-15)8-17/h10,13-18,20,26,31H,3-9,11-12H2,1-2H3,(H,27,30). The molecule has 0 radical (unpaired) electrons. The maximum atomic E-state index is 13.4. The molecule has 1 aromatic rings. The quantitative estimate of drug-likeness (QED) is 0.685. The van der Waals surface area contributed by atoms with Crippen molar-refractivity contribution in [3.63, 3.8) is 0 Å². The Morgan fingerprint density at radius 2 is 1.84 bits per heavy atom. The topological polar surface area (TPSA) is 90.4 Å². The van der Waals surface area contributed by atoms with Crippen LogP contribution in [0.2, 0.25) is 0 Å². The van der Waals surface area contributed by atoms with Crippen LogP contribution in [0.15, 0.2) is 6.20 Å². The van der Waals surface area contributed by atoms with Crippen LogP contribution in [0.4, 0.5) is 5.95 Å². The van der Waals surface area contributed by atoms with Gasteiger partial charge in [0.15, 0.2) is 0 Å². The number of carbonyl (C=O) groups is 1. The van der Waals surface area contributed by atoms with E-state index in [1.807, 2.05) is 0 Å². The Hall–Kier alpha value is -1.73. The number of nitrogens with one attached hydrogen (secondary N) is 2. The van der Waals surface area contributed by atoms with Crippen molar-refractivity contribution in [2.45, 2.75) is 88.4 Å². The van der Waals surface area contributed by atoms with Gasteiger partial charge in [-0.25, -0.2) is 9.97 Å². The maximum absolute atomic E-state index is 13.4. The van der Waals surface area contributed by atoms with E-state index >= 15 is 0 Å². The number of rotatable bonds is 4. The summed E-state index contributed by atoms with van der Waals surface area (Å²) in [7, 11) is 0. The molecule has 1 aromatic heterocycles. The highest BCUT2D eigenvalue weighted by atomic mass is 16.3. The zero-order chi connectivity index (χ0) is 21.3. The molecule has 7 nitrogen and oxygen atoms in total. The second-order valence-electron chi connectivity index (χ2n) is 11.3. The third-order valence-corrected chi connectivity index (χ3v) is 8.39. The van der Waals surface area contributed by atoms with Gasteiger partial charge >= 0.3 is 0 Å². The molecule has 6 aliphatic rings. The van der Waals surface area contributed by atoms with Gasteiger partial charge in [0, 0.05) is 43.3 Å². The second kappa shape index (κ2) is 7.14. The first-order valence-corrected chi connectivity index (χ1v) is 12.3. The monoisotopic (exact) mass is 425 g/mol. The first-order valence-electron chi connectivity index (χ1n) is 12.3. The molecule has 31 heavy (non-hydrogen) atoms. The predicted octanol–water partition coefficient (Wildman–Crippen LogP) is 2.21. The molecule has 4 atom stereocenters. The van der Waals surface area contributed by atoms with Crippen LogP contribution >= 0.6 is 0 Å². The summed E-state index contributed by atoms with van der Waals surface area (Å²) in [4.78, 5) is 25.2. The normalized spacial score (nSPS) is 41.5. The van der Waals surface area contributed by atoms with Gasteiger partial charge in [0.1, 0.15) is 0 Å². The van der Waals surface area contributed by atoms with Crippen molar-refractivity contribution in [1.29, 1.82) is 0 Å². The van der Waals surface area contributed by atoms with Crippen molar-refractivity contribution < 1.29 is 9.90 Å². The summed E-state index contributed by atoms with van der Waals surface area (Å²) in [5.74, 6) is 2.60. The van der Waals surface area contributed by atoms with Gasteiger partial charge in [-0.1, -0.05) is 0 Å². The van der Waals surface area contributed by atoms with Crippen LogP contribution in [0.3, 0.4) is 0 Å². The molecule has 3 N–H and O–H groups in total. The first kappa shape index (κ1) is 19.9. The number of nitrogens with zero attached hydrogens (tertiary/aromatic N) is 3. The molecule has 1 saturated heterocycles. The zero-order valence-electron chi connectivity index (χ0n) is 18.7. The highest BCUT2D eigenvalue weighted by molar-refractivity contribution is 5.95. The molecule has 0 aromatic carbocycles. The lowest BCUT2D eigenvalue weighted by atomic mass is 9.52. The van der Waals surface area contributed by atoms with E-state index in [1.165, 1.54) is 0 Å². The average Bonchev–Trinajstić information content (AvgIpc) is 3.53. The molecule has 4 unspecified atom stereocenters. The van der Waals surface area contributed by atoms with Crippen molar-refractivity contribution in [2.24, 2.45) is 17.8 Å². The van der Waals surface area contributed by atoms with Crippen molar-refractivity contribution in [3.05, 3.63) is 17.5 Å². The van der Waals surface area contributed by atoms with E-state index in [1.54, 1.807) is 6.20 Å². The summed E-state index contributed by atoms with van der Waals surface area (Å²) >= 11 is 0. The number of carbonyl (C=O) groups excluding carboxylic acids is 1. The largest absolute Gasteiger partial charge is 0.390 e. The van der Waals surface area contributed by atoms with Gasteiger partial charge in [0.05, 0.1) is 16.9 Å². The Bertz CT molecular complexity index is 861. The minimum atomic E-state index is -0.473. The third-order valence-electron chi connectivity index (χ3n) is 8.39. The number of aromatic nitrogens is 2. The summed E-state index contributed by atoms with van der Waals surface area (Å²) in [6.07, 6.45) is 8.92.